The van der Waals surface area contributed by atoms with Gasteiger partial charge in [0.2, 0.25) is 0 Å². The number of unbranched alkanes of at least 4 members (excludes halogenated alkanes) is 9. The van der Waals surface area contributed by atoms with Crippen molar-refractivity contribution in [2.45, 2.75) is 91.5 Å². The van der Waals surface area contributed by atoms with Crippen LogP contribution in [0.3, 0.4) is 0 Å². The molecule has 0 N–H and O–H groups in total. The fourth-order valence-electron chi connectivity index (χ4n) is 2.89. The van der Waals surface area contributed by atoms with Crippen molar-refractivity contribution < 1.29 is 17.0 Å². The lowest BCUT2D eigenvalue weighted by atomic mass is 10.1. The highest BCUT2D eigenvalue weighted by Crippen LogP contribution is 2.10. The van der Waals surface area contributed by atoms with Crippen molar-refractivity contribution in [1.82, 2.24) is 0 Å². The van der Waals surface area contributed by atoms with E-state index in [-0.39, 0.29) is 12.4 Å². The van der Waals surface area contributed by atoms with E-state index in [4.69, 9.17) is 0 Å². The minimum Gasteiger partial charge on any atom is -1.00 e. The summed E-state index contributed by atoms with van der Waals surface area (Å²) in [5.41, 5.74) is 2.78. The SMILES string of the molecule is CCCCCCCCCCCC[n+]1c(C)cccc1C.[Cl-]. The second kappa shape index (κ2) is 13.1. The molecule has 0 aliphatic rings. The Balaban J connectivity index is 0.00000400. The summed E-state index contributed by atoms with van der Waals surface area (Å²) in [6.07, 6.45) is 14.1. The molecule has 1 heterocycles. The van der Waals surface area contributed by atoms with Crippen LogP contribution in [0, 0.1) is 13.8 Å². The number of pyridine rings is 1. The van der Waals surface area contributed by atoms with Gasteiger partial charge in [-0.1, -0.05) is 58.3 Å². The summed E-state index contributed by atoms with van der Waals surface area (Å²) in [6.45, 7) is 7.90. The summed E-state index contributed by atoms with van der Waals surface area (Å²) in [6, 6.07) is 6.58. The van der Waals surface area contributed by atoms with Gasteiger partial charge in [0.15, 0.2) is 11.4 Å². The fourth-order valence-corrected chi connectivity index (χ4v) is 2.89. The van der Waals surface area contributed by atoms with E-state index in [1.807, 2.05) is 0 Å². The summed E-state index contributed by atoms with van der Waals surface area (Å²) < 4.78 is 2.45. The lowest BCUT2D eigenvalue weighted by molar-refractivity contribution is -0.709. The smallest absolute Gasteiger partial charge is 0.178 e. The van der Waals surface area contributed by atoms with E-state index in [2.05, 4.69) is 43.5 Å². The van der Waals surface area contributed by atoms with Crippen LogP contribution in [-0.2, 0) is 6.54 Å². The molecule has 0 saturated carbocycles. The van der Waals surface area contributed by atoms with Crippen molar-refractivity contribution in [3.05, 3.63) is 29.6 Å². The van der Waals surface area contributed by atoms with Gasteiger partial charge < -0.3 is 12.4 Å². The van der Waals surface area contributed by atoms with Gasteiger partial charge in [0, 0.05) is 32.4 Å². The van der Waals surface area contributed by atoms with Crippen LogP contribution in [0.4, 0.5) is 0 Å². The Labute approximate surface area is 138 Å². The van der Waals surface area contributed by atoms with E-state index in [0.717, 1.165) is 0 Å². The van der Waals surface area contributed by atoms with E-state index in [0.29, 0.717) is 0 Å². The van der Waals surface area contributed by atoms with Gasteiger partial charge in [0.1, 0.15) is 6.54 Å². The molecule has 21 heavy (non-hydrogen) atoms. The molecule has 2 heteroatoms. The Kier molecular flexibility index (Phi) is 12.8. The first-order valence-electron chi connectivity index (χ1n) is 8.71. The maximum atomic E-state index is 2.45. The molecule has 0 spiro atoms. The van der Waals surface area contributed by atoms with E-state index in [1.165, 1.54) is 82.1 Å². The number of rotatable bonds is 11. The van der Waals surface area contributed by atoms with Gasteiger partial charge in [-0.25, -0.2) is 4.57 Å². The normalized spacial score (nSPS) is 10.4. The van der Waals surface area contributed by atoms with Gasteiger partial charge in [0.25, 0.3) is 0 Å². The number of hydrogen-bond donors (Lipinski definition) is 0. The molecule has 0 radical (unpaired) electrons. The summed E-state index contributed by atoms with van der Waals surface area (Å²) in [5, 5.41) is 0. The molecule has 0 unspecified atom stereocenters. The Morgan fingerprint density at radius 2 is 1.14 bits per heavy atom. The lowest BCUT2D eigenvalue weighted by Gasteiger charge is -2.04. The summed E-state index contributed by atoms with van der Waals surface area (Å²) in [7, 11) is 0. The molecule has 122 valence electrons. The predicted octanol–water partition coefficient (Wildman–Crippen LogP) is 2.52. The average Bonchev–Trinajstić information content (AvgIpc) is 2.43. The van der Waals surface area contributed by atoms with Gasteiger partial charge in [-0.05, 0) is 12.5 Å². The van der Waals surface area contributed by atoms with Crippen molar-refractivity contribution in [3.8, 4) is 0 Å². The van der Waals surface area contributed by atoms with Crippen LogP contribution in [0.2, 0.25) is 0 Å². The predicted molar refractivity (Wildman–Crippen MR) is 88.0 cm³/mol. The fraction of sp³-hybridized carbons (Fsp3) is 0.737. The molecule has 0 saturated heterocycles. The van der Waals surface area contributed by atoms with Crippen molar-refractivity contribution in [1.29, 1.82) is 0 Å². The molecule has 0 amide bonds. The molecule has 0 bridgehead atoms. The van der Waals surface area contributed by atoms with E-state index in [1.54, 1.807) is 0 Å². The van der Waals surface area contributed by atoms with Crippen LogP contribution in [0.1, 0.15) is 82.5 Å². The molecule has 0 atom stereocenters. The number of nitrogens with zero attached hydrogens (tertiary/aromatic N) is 1. The van der Waals surface area contributed by atoms with Crippen LogP contribution in [0.5, 0.6) is 0 Å². The third-order valence-corrected chi connectivity index (χ3v) is 4.26. The molecule has 0 aliphatic heterocycles. The highest BCUT2D eigenvalue weighted by Gasteiger charge is 2.08. The molecule has 0 aliphatic carbocycles. The van der Waals surface area contributed by atoms with Gasteiger partial charge in [-0.3, -0.25) is 0 Å². The van der Waals surface area contributed by atoms with Crippen molar-refractivity contribution in [2.24, 2.45) is 0 Å². The molecule has 1 aromatic rings. The Morgan fingerprint density at radius 1 is 0.714 bits per heavy atom. The van der Waals surface area contributed by atoms with Crippen LogP contribution in [0.25, 0.3) is 0 Å². The minimum absolute atomic E-state index is 0. The minimum atomic E-state index is 0. The van der Waals surface area contributed by atoms with Crippen molar-refractivity contribution in [3.63, 3.8) is 0 Å². The summed E-state index contributed by atoms with van der Waals surface area (Å²) >= 11 is 0. The van der Waals surface area contributed by atoms with Crippen LogP contribution in [0.15, 0.2) is 18.2 Å². The van der Waals surface area contributed by atoms with Gasteiger partial charge >= 0.3 is 0 Å². The first kappa shape index (κ1) is 20.4. The Hall–Kier alpha value is -0.560. The van der Waals surface area contributed by atoms with Gasteiger partial charge in [-0.2, -0.15) is 0 Å². The van der Waals surface area contributed by atoms with Crippen molar-refractivity contribution >= 4 is 0 Å². The maximum absolute atomic E-state index is 2.45. The van der Waals surface area contributed by atoms with E-state index >= 15 is 0 Å². The highest BCUT2D eigenvalue weighted by atomic mass is 35.5. The third-order valence-electron chi connectivity index (χ3n) is 4.26. The second-order valence-corrected chi connectivity index (χ2v) is 6.14. The zero-order valence-electron chi connectivity index (χ0n) is 14.3. The van der Waals surface area contributed by atoms with Gasteiger partial charge in [0.05, 0.1) is 0 Å². The number of hydrogen-bond acceptors (Lipinski definition) is 0. The molecular weight excluding hydrogens is 278 g/mol. The maximum Gasteiger partial charge on any atom is 0.178 e. The summed E-state index contributed by atoms with van der Waals surface area (Å²) in [4.78, 5) is 0. The summed E-state index contributed by atoms with van der Waals surface area (Å²) in [5.74, 6) is 0. The standard InChI is InChI=1S/C19H34N.ClH/c1-4-5-6-7-8-9-10-11-12-13-17-20-18(2)15-14-16-19(20)3;/h14-16H,4-13,17H2,1-3H3;1H/q+1;/p-1. The largest absolute Gasteiger partial charge is 1.00 e. The Morgan fingerprint density at radius 3 is 1.62 bits per heavy atom. The zero-order valence-corrected chi connectivity index (χ0v) is 15.1. The first-order chi connectivity index (χ1) is 9.75. The molecule has 0 aromatic carbocycles. The van der Waals surface area contributed by atoms with E-state index < -0.39 is 0 Å². The molecule has 1 nitrogen and oxygen atoms in total. The third kappa shape index (κ3) is 9.14. The van der Waals surface area contributed by atoms with Crippen molar-refractivity contribution in [2.75, 3.05) is 0 Å². The topological polar surface area (TPSA) is 3.88 Å². The van der Waals surface area contributed by atoms with Gasteiger partial charge in [-0.15, -0.1) is 0 Å². The quantitative estimate of drug-likeness (QED) is 0.437. The van der Waals surface area contributed by atoms with Crippen LogP contribution < -0.4 is 17.0 Å². The highest BCUT2D eigenvalue weighted by molar-refractivity contribution is 5.00. The number of halogens is 1. The number of aryl methyl sites for hydroxylation is 2. The molecule has 0 fully saturated rings. The average molecular weight is 312 g/mol. The molecule has 1 rings (SSSR count). The monoisotopic (exact) mass is 311 g/mol. The zero-order chi connectivity index (χ0) is 14.6. The second-order valence-electron chi connectivity index (χ2n) is 6.14. The van der Waals surface area contributed by atoms with Crippen LogP contribution in [-0.4, -0.2) is 0 Å². The first-order valence-corrected chi connectivity index (χ1v) is 8.71. The Bertz CT molecular complexity index is 342. The number of aromatic nitrogens is 1. The van der Waals surface area contributed by atoms with E-state index in [9.17, 15) is 0 Å². The molecular formula is C19H34ClN. The molecule has 1 aromatic heterocycles. The van der Waals surface area contributed by atoms with Crippen LogP contribution >= 0.6 is 0 Å². The lowest BCUT2D eigenvalue weighted by Crippen LogP contribution is -3.00.